The van der Waals surface area contributed by atoms with Crippen LogP contribution in [0.25, 0.3) is 10.2 Å². The number of ether oxygens (including phenoxy) is 1. The summed E-state index contributed by atoms with van der Waals surface area (Å²) in [6.45, 7) is 4.41. The molecule has 0 bridgehead atoms. The van der Waals surface area contributed by atoms with Crippen LogP contribution in [0.15, 0.2) is 34.5 Å². The van der Waals surface area contributed by atoms with Gasteiger partial charge in [0, 0.05) is 32.7 Å². The van der Waals surface area contributed by atoms with Gasteiger partial charge in [0.25, 0.3) is 10.0 Å². The molecule has 2 aliphatic heterocycles. The van der Waals surface area contributed by atoms with E-state index in [9.17, 15) is 17.6 Å². The molecule has 36 heavy (non-hydrogen) atoms. The van der Waals surface area contributed by atoms with E-state index in [0.717, 1.165) is 31.0 Å². The van der Waals surface area contributed by atoms with Gasteiger partial charge in [-0.2, -0.15) is 4.31 Å². The summed E-state index contributed by atoms with van der Waals surface area (Å²) in [7, 11) is -3.88. The fourth-order valence-corrected chi connectivity index (χ4v) is 8.88. The zero-order valence-electron chi connectivity index (χ0n) is 19.4. The highest BCUT2D eigenvalue weighted by molar-refractivity contribution is 7.91. The van der Waals surface area contributed by atoms with Crippen LogP contribution in [-0.4, -0.2) is 80.5 Å². The monoisotopic (exact) mass is 572 g/mol. The van der Waals surface area contributed by atoms with E-state index in [0.29, 0.717) is 53.2 Å². The van der Waals surface area contributed by atoms with Crippen molar-refractivity contribution in [3.63, 3.8) is 0 Å². The van der Waals surface area contributed by atoms with Crippen LogP contribution >= 0.6 is 34.3 Å². The first kappa shape index (κ1) is 26.0. The summed E-state index contributed by atoms with van der Waals surface area (Å²) >= 11 is 8.20. The Morgan fingerprint density at radius 1 is 1.19 bits per heavy atom. The Morgan fingerprint density at radius 3 is 2.72 bits per heavy atom. The van der Waals surface area contributed by atoms with Gasteiger partial charge in [-0.15, -0.1) is 11.3 Å². The van der Waals surface area contributed by atoms with E-state index in [2.05, 4.69) is 9.88 Å². The molecule has 1 aromatic carbocycles. The van der Waals surface area contributed by atoms with Crippen LogP contribution < -0.4 is 4.90 Å². The largest absolute Gasteiger partial charge is 0.379 e. The summed E-state index contributed by atoms with van der Waals surface area (Å²) in [5.74, 6) is -0.782. The molecule has 3 aromatic rings. The molecule has 13 heteroatoms. The number of benzene rings is 1. The smallest absolute Gasteiger partial charge is 0.253 e. The number of carbonyl (C=O) groups excluding carboxylic acids is 1. The lowest BCUT2D eigenvalue weighted by molar-refractivity contribution is -0.121. The lowest BCUT2D eigenvalue weighted by Crippen LogP contribution is -2.48. The second kappa shape index (κ2) is 11.0. The quantitative estimate of drug-likeness (QED) is 0.405. The molecule has 2 aliphatic rings. The lowest BCUT2D eigenvalue weighted by Gasteiger charge is -2.30. The summed E-state index contributed by atoms with van der Waals surface area (Å²) in [4.78, 5) is 22.2. The molecule has 4 heterocycles. The second-order valence-corrected chi connectivity index (χ2v) is 13.6. The molecule has 8 nitrogen and oxygen atoms in total. The number of anilines is 1. The van der Waals surface area contributed by atoms with E-state index in [-0.39, 0.29) is 22.2 Å². The number of hydrogen-bond donors (Lipinski definition) is 0. The minimum absolute atomic E-state index is 0.119. The molecule has 2 aromatic heterocycles. The predicted molar refractivity (Wildman–Crippen MR) is 140 cm³/mol. The van der Waals surface area contributed by atoms with Crippen LogP contribution in [0.5, 0.6) is 0 Å². The van der Waals surface area contributed by atoms with Crippen molar-refractivity contribution < 1.29 is 22.3 Å². The van der Waals surface area contributed by atoms with Crippen LogP contribution in [0.1, 0.15) is 19.3 Å². The van der Waals surface area contributed by atoms with Crippen molar-refractivity contribution in [1.29, 1.82) is 0 Å². The van der Waals surface area contributed by atoms with Gasteiger partial charge in [0.15, 0.2) is 5.13 Å². The predicted octanol–water partition coefficient (Wildman–Crippen LogP) is 4.06. The highest BCUT2D eigenvalue weighted by Crippen LogP contribution is 2.35. The van der Waals surface area contributed by atoms with Crippen molar-refractivity contribution in [2.75, 3.05) is 50.8 Å². The number of aromatic nitrogens is 1. The average molecular weight is 573 g/mol. The molecule has 2 saturated heterocycles. The van der Waals surface area contributed by atoms with Crippen molar-refractivity contribution >= 4 is 65.6 Å². The Hall–Kier alpha value is -1.67. The molecule has 1 atom stereocenters. The first-order chi connectivity index (χ1) is 17.3. The van der Waals surface area contributed by atoms with E-state index in [1.807, 2.05) is 0 Å². The molecule has 0 saturated carbocycles. The van der Waals surface area contributed by atoms with Gasteiger partial charge in [-0.25, -0.2) is 17.8 Å². The maximum Gasteiger partial charge on any atom is 0.253 e. The number of thiazole rings is 1. The number of halogens is 2. The highest BCUT2D eigenvalue weighted by atomic mass is 35.5. The number of carbonyl (C=O) groups is 1. The number of para-hydroxylation sites is 1. The number of thiophene rings is 1. The molecule has 194 valence electrons. The van der Waals surface area contributed by atoms with Crippen molar-refractivity contribution in [1.82, 2.24) is 14.2 Å². The van der Waals surface area contributed by atoms with Crippen LogP contribution in [0, 0.1) is 5.82 Å². The third-order valence-corrected chi connectivity index (χ3v) is 11.1. The number of nitrogens with zero attached hydrogens (tertiary/aromatic N) is 4. The maximum atomic E-state index is 14.4. The van der Waals surface area contributed by atoms with E-state index in [1.165, 1.54) is 27.8 Å². The fraction of sp³-hybridized carbons (Fsp3) is 0.478. The Balaban J connectivity index is 1.42. The number of amides is 1. The minimum Gasteiger partial charge on any atom is -0.379 e. The summed E-state index contributed by atoms with van der Waals surface area (Å²) < 4.78 is 48.9. The molecule has 0 N–H and O–H groups in total. The van der Waals surface area contributed by atoms with Crippen LogP contribution in [-0.2, 0) is 19.6 Å². The van der Waals surface area contributed by atoms with E-state index < -0.39 is 21.9 Å². The van der Waals surface area contributed by atoms with E-state index >= 15 is 0 Å². The van der Waals surface area contributed by atoms with Gasteiger partial charge in [-0.3, -0.25) is 14.6 Å². The average Bonchev–Trinajstić information content (AvgIpc) is 3.62. The van der Waals surface area contributed by atoms with Gasteiger partial charge >= 0.3 is 0 Å². The molecule has 1 amide bonds. The zero-order chi connectivity index (χ0) is 25.3. The topological polar surface area (TPSA) is 83.1 Å². The molecule has 0 radical (unpaired) electrons. The van der Waals surface area contributed by atoms with Crippen molar-refractivity contribution in [2.45, 2.75) is 29.5 Å². The molecule has 0 spiro atoms. The standard InChI is InChI=1S/C23H26ClFN4O4S3/c24-19-7-8-20(35-19)36(31,32)29-11-2-5-17(29)22(30)28(10-3-9-27-12-14-33-15-13-27)23-26-21-16(25)4-1-6-18(21)34-23/h1,4,6-8,17H,2-3,5,9-15H2. The highest BCUT2D eigenvalue weighted by Gasteiger charge is 2.42. The van der Waals surface area contributed by atoms with Gasteiger partial charge in [0.2, 0.25) is 5.91 Å². The molecular weight excluding hydrogens is 547 g/mol. The number of sulfonamides is 1. The maximum absolute atomic E-state index is 14.4. The minimum atomic E-state index is -3.88. The summed E-state index contributed by atoms with van der Waals surface area (Å²) in [5.41, 5.74) is 0.215. The van der Waals surface area contributed by atoms with Crippen LogP contribution in [0.4, 0.5) is 9.52 Å². The number of hydrogen-bond acceptors (Lipinski definition) is 8. The Morgan fingerprint density at radius 2 is 2.00 bits per heavy atom. The molecule has 2 fully saturated rings. The third kappa shape index (κ3) is 5.31. The van der Waals surface area contributed by atoms with Gasteiger partial charge in [-0.05, 0) is 43.5 Å². The number of rotatable bonds is 8. The van der Waals surface area contributed by atoms with Crippen molar-refractivity contribution in [2.24, 2.45) is 0 Å². The Labute approximate surface area is 222 Å². The van der Waals surface area contributed by atoms with E-state index in [4.69, 9.17) is 16.3 Å². The van der Waals surface area contributed by atoms with Gasteiger partial charge < -0.3 is 4.74 Å². The summed E-state index contributed by atoms with van der Waals surface area (Å²) in [6.07, 6.45) is 1.66. The van der Waals surface area contributed by atoms with Crippen molar-refractivity contribution in [3.05, 3.63) is 40.5 Å². The molecule has 5 rings (SSSR count). The van der Waals surface area contributed by atoms with Gasteiger partial charge in [0.1, 0.15) is 21.6 Å². The first-order valence-corrected chi connectivity index (χ1v) is 15.2. The number of morpholine rings is 1. The van der Waals surface area contributed by atoms with Crippen LogP contribution in [0.2, 0.25) is 4.34 Å². The van der Waals surface area contributed by atoms with Crippen molar-refractivity contribution in [3.8, 4) is 0 Å². The normalized spacial score (nSPS) is 19.8. The molecule has 1 unspecified atom stereocenters. The first-order valence-electron chi connectivity index (χ1n) is 11.8. The third-order valence-electron chi connectivity index (χ3n) is 6.42. The van der Waals surface area contributed by atoms with Gasteiger partial charge in [0.05, 0.1) is 22.3 Å². The Kier molecular flexibility index (Phi) is 7.92. The van der Waals surface area contributed by atoms with E-state index in [1.54, 1.807) is 23.1 Å². The summed E-state index contributed by atoms with van der Waals surface area (Å²) in [6, 6.07) is 6.88. The van der Waals surface area contributed by atoms with Crippen LogP contribution in [0.3, 0.4) is 0 Å². The van der Waals surface area contributed by atoms with Gasteiger partial charge in [-0.1, -0.05) is 29.0 Å². The Bertz CT molecular complexity index is 1340. The SMILES string of the molecule is O=C(C1CCCN1S(=O)(=O)c1ccc(Cl)s1)N(CCCN1CCOCC1)c1nc2c(F)cccc2s1. The zero-order valence-corrected chi connectivity index (χ0v) is 22.6. The lowest BCUT2D eigenvalue weighted by atomic mass is 10.2. The molecule has 0 aliphatic carbocycles. The molecular formula is C23H26ClFN4O4S3. The summed E-state index contributed by atoms with van der Waals surface area (Å²) in [5, 5.41) is 0.380. The fourth-order valence-electron chi connectivity index (χ4n) is 4.60. The second-order valence-electron chi connectivity index (χ2n) is 8.71. The number of fused-ring (bicyclic) bond motifs is 1.